The Bertz CT molecular complexity index is 1050. The summed E-state index contributed by atoms with van der Waals surface area (Å²) in [6.07, 6.45) is 1.62. The van der Waals surface area contributed by atoms with E-state index in [1.165, 1.54) is 11.3 Å². The lowest BCUT2D eigenvalue weighted by Gasteiger charge is -2.13. The van der Waals surface area contributed by atoms with Crippen LogP contribution in [0, 0.1) is 0 Å². The van der Waals surface area contributed by atoms with Crippen LogP contribution in [0.1, 0.15) is 9.67 Å². The van der Waals surface area contributed by atoms with Crippen molar-refractivity contribution in [1.29, 1.82) is 0 Å². The Morgan fingerprint density at radius 2 is 1.71 bits per heavy atom. The lowest BCUT2D eigenvalue weighted by Crippen LogP contribution is -2.10. The van der Waals surface area contributed by atoms with Gasteiger partial charge in [-0.2, -0.15) is 0 Å². The number of thiophene rings is 1. The number of carbonyl (C=O) groups excluding carboxylic acids is 1. The number of carbonyl (C=O) groups is 1. The summed E-state index contributed by atoms with van der Waals surface area (Å²) in [7, 11) is 0. The minimum absolute atomic E-state index is 0.140. The van der Waals surface area contributed by atoms with Crippen molar-refractivity contribution < 1.29 is 9.53 Å². The summed E-state index contributed by atoms with van der Waals surface area (Å²) in [4.78, 5) is 17.1. The number of hydrogen-bond donors (Lipinski definition) is 2. The molecule has 0 aliphatic carbocycles. The van der Waals surface area contributed by atoms with Gasteiger partial charge in [0.05, 0.1) is 22.4 Å². The van der Waals surface area contributed by atoms with Crippen molar-refractivity contribution in [2.45, 2.75) is 0 Å². The second-order valence-electron chi connectivity index (χ2n) is 5.90. The van der Waals surface area contributed by atoms with Crippen molar-refractivity contribution in [3.63, 3.8) is 0 Å². The SMILES string of the molecule is O=C(Nc1ccc(Nc2ccccc2Oc2ccccc2)nc1)c1cccs1. The van der Waals surface area contributed by atoms with Crippen LogP contribution in [-0.2, 0) is 0 Å². The molecule has 2 heterocycles. The first-order chi connectivity index (χ1) is 13.8. The van der Waals surface area contributed by atoms with Crippen LogP contribution >= 0.6 is 11.3 Å². The highest BCUT2D eigenvalue weighted by Gasteiger charge is 2.08. The molecule has 0 unspecified atom stereocenters. The fourth-order valence-electron chi connectivity index (χ4n) is 2.55. The number of hydrogen-bond acceptors (Lipinski definition) is 5. The van der Waals surface area contributed by atoms with E-state index in [2.05, 4.69) is 15.6 Å². The van der Waals surface area contributed by atoms with Crippen LogP contribution in [0.3, 0.4) is 0 Å². The molecule has 0 saturated heterocycles. The molecule has 2 N–H and O–H groups in total. The van der Waals surface area contributed by atoms with Crippen LogP contribution in [-0.4, -0.2) is 10.9 Å². The molecule has 6 heteroatoms. The first kappa shape index (κ1) is 17.8. The maximum absolute atomic E-state index is 12.1. The van der Waals surface area contributed by atoms with Crippen molar-refractivity contribution in [1.82, 2.24) is 4.98 Å². The molecule has 28 heavy (non-hydrogen) atoms. The van der Waals surface area contributed by atoms with E-state index >= 15 is 0 Å². The predicted octanol–water partition coefficient (Wildman–Crippen LogP) is 5.93. The maximum atomic E-state index is 12.1. The predicted molar refractivity (Wildman–Crippen MR) is 113 cm³/mol. The summed E-state index contributed by atoms with van der Waals surface area (Å²) in [6, 6.07) is 24.5. The molecule has 0 atom stereocenters. The highest BCUT2D eigenvalue weighted by atomic mass is 32.1. The third-order valence-corrected chi connectivity index (χ3v) is 4.76. The zero-order valence-electron chi connectivity index (χ0n) is 14.8. The number of para-hydroxylation sites is 3. The van der Waals surface area contributed by atoms with Crippen LogP contribution < -0.4 is 15.4 Å². The quantitative estimate of drug-likeness (QED) is 0.430. The number of ether oxygens (including phenoxy) is 1. The highest BCUT2D eigenvalue weighted by Crippen LogP contribution is 2.31. The van der Waals surface area contributed by atoms with Gasteiger partial charge in [0, 0.05) is 0 Å². The van der Waals surface area contributed by atoms with E-state index in [1.54, 1.807) is 12.3 Å². The zero-order chi connectivity index (χ0) is 19.2. The van der Waals surface area contributed by atoms with Crippen molar-refractivity contribution in [2.24, 2.45) is 0 Å². The van der Waals surface area contributed by atoms with E-state index in [9.17, 15) is 4.79 Å². The van der Waals surface area contributed by atoms with Gasteiger partial charge in [0.1, 0.15) is 11.6 Å². The summed E-state index contributed by atoms with van der Waals surface area (Å²) in [5.74, 6) is 1.97. The van der Waals surface area contributed by atoms with E-state index in [4.69, 9.17) is 4.74 Å². The third kappa shape index (κ3) is 4.36. The van der Waals surface area contributed by atoms with Gasteiger partial charge < -0.3 is 15.4 Å². The van der Waals surface area contributed by atoms with E-state index in [-0.39, 0.29) is 5.91 Å². The van der Waals surface area contributed by atoms with Gasteiger partial charge in [-0.05, 0) is 47.8 Å². The van der Waals surface area contributed by atoms with Crippen LogP contribution in [0.25, 0.3) is 0 Å². The van der Waals surface area contributed by atoms with Gasteiger partial charge in [-0.15, -0.1) is 11.3 Å². The fourth-order valence-corrected chi connectivity index (χ4v) is 3.17. The molecule has 138 valence electrons. The summed E-state index contributed by atoms with van der Waals surface area (Å²) in [6.45, 7) is 0. The molecule has 0 saturated carbocycles. The van der Waals surface area contributed by atoms with Crippen molar-refractivity contribution >= 4 is 34.4 Å². The highest BCUT2D eigenvalue weighted by molar-refractivity contribution is 7.12. The number of benzene rings is 2. The average molecular weight is 387 g/mol. The van der Waals surface area contributed by atoms with Gasteiger partial charge in [-0.1, -0.05) is 36.4 Å². The monoisotopic (exact) mass is 387 g/mol. The molecular weight excluding hydrogens is 370 g/mol. The van der Waals surface area contributed by atoms with Crippen molar-refractivity contribution in [3.05, 3.63) is 95.3 Å². The lowest BCUT2D eigenvalue weighted by molar-refractivity contribution is 0.103. The number of anilines is 3. The Kier molecular flexibility index (Phi) is 5.31. The minimum atomic E-state index is -0.140. The molecule has 0 radical (unpaired) electrons. The molecule has 0 aliphatic rings. The summed E-state index contributed by atoms with van der Waals surface area (Å²) < 4.78 is 5.95. The number of pyridine rings is 1. The largest absolute Gasteiger partial charge is 0.455 e. The average Bonchev–Trinajstić information content (AvgIpc) is 3.27. The minimum Gasteiger partial charge on any atom is -0.455 e. The molecule has 4 aromatic rings. The molecule has 1 amide bonds. The zero-order valence-corrected chi connectivity index (χ0v) is 15.6. The second-order valence-corrected chi connectivity index (χ2v) is 6.85. The van der Waals surface area contributed by atoms with E-state index in [0.717, 1.165) is 11.4 Å². The number of nitrogens with zero attached hydrogens (tertiary/aromatic N) is 1. The molecule has 0 bridgehead atoms. The molecule has 5 nitrogen and oxygen atoms in total. The first-order valence-corrected chi connectivity index (χ1v) is 9.56. The molecule has 0 fully saturated rings. The normalized spacial score (nSPS) is 10.3. The summed E-state index contributed by atoms with van der Waals surface area (Å²) >= 11 is 1.40. The first-order valence-electron chi connectivity index (χ1n) is 8.68. The van der Waals surface area contributed by atoms with Crippen LogP contribution in [0.5, 0.6) is 11.5 Å². The van der Waals surface area contributed by atoms with Gasteiger partial charge in [0.25, 0.3) is 5.91 Å². The molecule has 0 aliphatic heterocycles. The number of nitrogens with one attached hydrogen (secondary N) is 2. The fraction of sp³-hybridized carbons (Fsp3) is 0. The van der Waals surface area contributed by atoms with Gasteiger partial charge >= 0.3 is 0 Å². The Labute approximate surface area is 166 Å². The number of rotatable bonds is 6. The molecule has 2 aromatic heterocycles. The van der Waals surface area contributed by atoms with Gasteiger partial charge in [0.15, 0.2) is 5.75 Å². The summed E-state index contributed by atoms with van der Waals surface area (Å²) in [5.41, 5.74) is 1.44. The number of amides is 1. The molecule has 0 spiro atoms. The smallest absolute Gasteiger partial charge is 0.265 e. The number of aromatic nitrogens is 1. The van der Waals surface area contributed by atoms with Crippen molar-refractivity contribution in [3.8, 4) is 11.5 Å². The molecule has 2 aromatic carbocycles. The topological polar surface area (TPSA) is 63.2 Å². The molecule has 4 rings (SSSR count). The van der Waals surface area contributed by atoms with Gasteiger partial charge in [-0.3, -0.25) is 4.79 Å². The Morgan fingerprint density at radius 3 is 2.46 bits per heavy atom. The van der Waals surface area contributed by atoms with Crippen LogP contribution in [0.15, 0.2) is 90.4 Å². The van der Waals surface area contributed by atoms with E-state index in [1.807, 2.05) is 78.2 Å². The maximum Gasteiger partial charge on any atom is 0.265 e. The third-order valence-electron chi connectivity index (χ3n) is 3.89. The van der Waals surface area contributed by atoms with Gasteiger partial charge in [0.2, 0.25) is 0 Å². The van der Waals surface area contributed by atoms with Crippen LogP contribution in [0.2, 0.25) is 0 Å². The summed E-state index contributed by atoms with van der Waals surface area (Å²) in [5, 5.41) is 7.96. The standard InChI is InChI=1S/C22H17N3O2S/c26-22(20-11-6-14-28-20)24-16-12-13-21(23-15-16)25-18-9-4-5-10-19(18)27-17-7-2-1-3-8-17/h1-15H,(H,23,25)(H,24,26). The molecular formula is C22H17N3O2S. The second kappa shape index (κ2) is 8.37. The Morgan fingerprint density at radius 1 is 0.893 bits per heavy atom. The Hall–Kier alpha value is -3.64. The van der Waals surface area contributed by atoms with Crippen molar-refractivity contribution in [2.75, 3.05) is 10.6 Å². The lowest BCUT2D eigenvalue weighted by atomic mass is 10.2. The van der Waals surface area contributed by atoms with Gasteiger partial charge in [-0.25, -0.2) is 4.98 Å². The Balaban J connectivity index is 1.45. The van der Waals surface area contributed by atoms with E-state index in [0.29, 0.717) is 22.1 Å². The van der Waals surface area contributed by atoms with E-state index < -0.39 is 0 Å². The van der Waals surface area contributed by atoms with Crippen LogP contribution in [0.4, 0.5) is 17.2 Å².